The van der Waals surface area contributed by atoms with E-state index in [4.69, 9.17) is 0 Å². The monoisotopic (exact) mass is 339 g/mol. The van der Waals surface area contributed by atoms with E-state index in [1.54, 1.807) is 0 Å². The van der Waals surface area contributed by atoms with Crippen molar-refractivity contribution >= 4 is 19.2 Å². The lowest BCUT2D eigenvalue weighted by Crippen LogP contribution is -2.41. The van der Waals surface area contributed by atoms with E-state index >= 15 is 0 Å². The van der Waals surface area contributed by atoms with Gasteiger partial charge in [0.25, 0.3) is 0 Å². The van der Waals surface area contributed by atoms with E-state index in [0.29, 0.717) is 0 Å². The predicted octanol–water partition coefficient (Wildman–Crippen LogP) is 2.60. The third kappa shape index (κ3) is 4.35. The smallest absolute Gasteiger partial charge is 0.121 e. The molecule has 2 nitrogen and oxygen atoms in total. The normalized spacial score (nSPS) is 23.7. The molecular weight excluding hydrogens is 312 g/mol. The second-order valence-corrected chi connectivity index (χ2v) is 9.44. The summed E-state index contributed by atoms with van der Waals surface area (Å²) < 4.78 is 0. The molecule has 0 aliphatic heterocycles. The summed E-state index contributed by atoms with van der Waals surface area (Å²) in [5, 5.41) is 22.9. The van der Waals surface area contributed by atoms with E-state index in [9.17, 15) is 10.2 Å². The summed E-state index contributed by atoms with van der Waals surface area (Å²) >= 11 is 0. The Morgan fingerprint density at radius 2 is 1.25 bits per heavy atom. The van der Waals surface area contributed by atoms with Crippen molar-refractivity contribution in [1.29, 1.82) is 0 Å². The molecule has 2 unspecified atom stereocenters. The largest absolute Gasteiger partial charge is 0.393 e. The average molecular weight is 340 g/mol. The van der Waals surface area contributed by atoms with E-state index in [-0.39, 0.29) is 18.1 Å². The van der Waals surface area contributed by atoms with E-state index in [1.807, 2.05) is 0 Å². The Morgan fingerprint density at radius 3 is 1.75 bits per heavy atom. The van der Waals surface area contributed by atoms with Crippen molar-refractivity contribution in [2.75, 3.05) is 0 Å². The number of aliphatic hydroxyl groups excluding tert-OH is 2. The molecule has 0 saturated heterocycles. The lowest BCUT2D eigenvalue weighted by Gasteiger charge is -2.19. The van der Waals surface area contributed by atoms with Crippen molar-refractivity contribution in [1.82, 2.24) is 0 Å². The topological polar surface area (TPSA) is 40.5 Å². The summed E-state index contributed by atoms with van der Waals surface area (Å²) in [5.74, 6) is 0.0918. The zero-order valence-electron chi connectivity index (χ0n) is 14.1. The van der Waals surface area contributed by atoms with E-state index in [1.165, 1.54) is 16.4 Å². The van der Waals surface area contributed by atoms with E-state index < -0.39 is 8.80 Å². The first-order valence-corrected chi connectivity index (χ1v) is 10.8. The standard InChI is InChI=1S/C21H27O2Si/c22-20-14-15-21(23)19(20)13-7-8-16-24(17-9-3-1-4-10-17)18-11-5-2-6-12-18/h1-6,9-12,19-23H,7-8,13-16H2. The second-order valence-electron chi connectivity index (χ2n) is 6.83. The van der Waals surface area contributed by atoms with Gasteiger partial charge in [-0.1, -0.05) is 89.9 Å². The van der Waals surface area contributed by atoms with Crippen LogP contribution >= 0.6 is 0 Å². The minimum absolute atomic E-state index is 0.0918. The SMILES string of the molecule is OC1CCC(O)C1CCCC[Si](c1ccccc1)c1ccccc1. The maximum atomic E-state index is 9.97. The Balaban J connectivity index is 1.59. The number of hydrogen-bond donors (Lipinski definition) is 2. The first kappa shape index (κ1) is 17.4. The van der Waals surface area contributed by atoms with Gasteiger partial charge in [-0.2, -0.15) is 0 Å². The Kier molecular flexibility index (Phi) is 6.24. The Hall–Kier alpha value is -1.42. The number of unbranched alkanes of at least 4 members (excludes halogenated alkanes) is 1. The van der Waals surface area contributed by atoms with Crippen molar-refractivity contribution in [2.45, 2.75) is 50.4 Å². The van der Waals surface area contributed by atoms with Gasteiger partial charge in [0.05, 0.1) is 12.2 Å². The van der Waals surface area contributed by atoms with Gasteiger partial charge in [0.1, 0.15) is 8.80 Å². The highest BCUT2D eigenvalue weighted by molar-refractivity contribution is 6.85. The Bertz CT molecular complexity index is 552. The minimum atomic E-state index is -0.747. The summed E-state index contributed by atoms with van der Waals surface area (Å²) in [6.45, 7) is 0. The fraction of sp³-hybridized carbons (Fsp3) is 0.429. The summed E-state index contributed by atoms with van der Waals surface area (Å²) in [5.41, 5.74) is 0. The summed E-state index contributed by atoms with van der Waals surface area (Å²) in [7, 11) is -0.747. The van der Waals surface area contributed by atoms with Crippen LogP contribution in [0.1, 0.15) is 32.1 Å². The van der Waals surface area contributed by atoms with Crippen LogP contribution in [0, 0.1) is 5.92 Å². The van der Waals surface area contributed by atoms with Crippen LogP contribution in [0.3, 0.4) is 0 Å². The van der Waals surface area contributed by atoms with Crippen LogP contribution in [0.2, 0.25) is 6.04 Å². The second kappa shape index (κ2) is 8.61. The molecule has 0 heterocycles. The van der Waals surface area contributed by atoms with Crippen LogP contribution in [0.15, 0.2) is 60.7 Å². The molecule has 3 rings (SSSR count). The minimum Gasteiger partial charge on any atom is -0.393 e. The molecule has 2 N–H and O–H groups in total. The molecule has 3 heteroatoms. The van der Waals surface area contributed by atoms with Gasteiger partial charge in [-0.25, -0.2) is 0 Å². The third-order valence-corrected chi connectivity index (χ3v) is 8.12. The van der Waals surface area contributed by atoms with Crippen molar-refractivity contribution in [2.24, 2.45) is 5.92 Å². The van der Waals surface area contributed by atoms with Gasteiger partial charge in [-0.05, 0) is 19.3 Å². The van der Waals surface area contributed by atoms with Gasteiger partial charge in [0.15, 0.2) is 0 Å². The van der Waals surface area contributed by atoms with Gasteiger partial charge < -0.3 is 10.2 Å². The van der Waals surface area contributed by atoms with Gasteiger partial charge >= 0.3 is 0 Å². The zero-order valence-corrected chi connectivity index (χ0v) is 15.1. The first-order valence-electron chi connectivity index (χ1n) is 9.08. The van der Waals surface area contributed by atoms with Gasteiger partial charge in [0.2, 0.25) is 0 Å². The molecule has 0 aromatic heterocycles. The number of benzene rings is 2. The quantitative estimate of drug-likeness (QED) is 0.601. The predicted molar refractivity (Wildman–Crippen MR) is 101 cm³/mol. The van der Waals surface area contributed by atoms with Crippen LogP contribution in [-0.2, 0) is 0 Å². The summed E-state index contributed by atoms with van der Waals surface area (Å²) in [6, 6.07) is 22.9. The highest BCUT2D eigenvalue weighted by Gasteiger charge is 2.32. The number of aliphatic hydroxyl groups is 2. The molecule has 1 saturated carbocycles. The van der Waals surface area contributed by atoms with Crippen LogP contribution in [-0.4, -0.2) is 31.2 Å². The molecule has 1 aliphatic rings. The van der Waals surface area contributed by atoms with Crippen molar-refractivity contribution < 1.29 is 10.2 Å². The van der Waals surface area contributed by atoms with Crippen molar-refractivity contribution in [3.8, 4) is 0 Å². The van der Waals surface area contributed by atoms with Crippen LogP contribution in [0.25, 0.3) is 0 Å². The molecule has 127 valence electrons. The average Bonchev–Trinajstić information content (AvgIpc) is 2.95. The van der Waals surface area contributed by atoms with Crippen molar-refractivity contribution in [3.05, 3.63) is 60.7 Å². The molecule has 24 heavy (non-hydrogen) atoms. The molecule has 2 atom stereocenters. The molecular formula is C21H27O2Si. The molecule has 2 aromatic rings. The third-order valence-electron chi connectivity index (χ3n) is 5.21. The van der Waals surface area contributed by atoms with Gasteiger partial charge in [-0.3, -0.25) is 0 Å². The van der Waals surface area contributed by atoms with Crippen LogP contribution < -0.4 is 10.4 Å². The van der Waals surface area contributed by atoms with E-state index in [0.717, 1.165) is 32.1 Å². The molecule has 0 spiro atoms. The van der Waals surface area contributed by atoms with Crippen LogP contribution in [0.5, 0.6) is 0 Å². The molecule has 0 bridgehead atoms. The lowest BCUT2D eigenvalue weighted by molar-refractivity contribution is 0.0593. The van der Waals surface area contributed by atoms with Gasteiger partial charge in [-0.15, -0.1) is 0 Å². The maximum Gasteiger partial charge on any atom is 0.121 e. The molecule has 1 radical (unpaired) electrons. The molecule has 0 amide bonds. The highest BCUT2D eigenvalue weighted by Crippen LogP contribution is 2.30. The van der Waals surface area contributed by atoms with Crippen LogP contribution in [0.4, 0.5) is 0 Å². The summed E-state index contributed by atoms with van der Waals surface area (Å²) in [4.78, 5) is 0. The van der Waals surface area contributed by atoms with Crippen molar-refractivity contribution in [3.63, 3.8) is 0 Å². The molecule has 1 fully saturated rings. The lowest BCUT2D eigenvalue weighted by atomic mass is 9.97. The number of hydrogen-bond acceptors (Lipinski definition) is 2. The molecule has 1 aliphatic carbocycles. The first-order chi connectivity index (χ1) is 11.8. The fourth-order valence-electron chi connectivity index (χ4n) is 3.83. The molecule has 2 aromatic carbocycles. The summed E-state index contributed by atoms with van der Waals surface area (Å²) in [6.07, 6.45) is 4.12. The highest BCUT2D eigenvalue weighted by atomic mass is 28.3. The van der Waals surface area contributed by atoms with E-state index in [2.05, 4.69) is 60.7 Å². The maximum absolute atomic E-state index is 9.97. The zero-order chi connectivity index (χ0) is 16.8. The Morgan fingerprint density at radius 1 is 0.750 bits per heavy atom. The number of rotatable bonds is 7. The van der Waals surface area contributed by atoms with Gasteiger partial charge in [0, 0.05) is 5.92 Å². The Labute approximate surface area is 146 Å². The fourth-order valence-corrected chi connectivity index (χ4v) is 6.53.